The molecule has 0 aliphatic carbocycles. The molecule has 21 heavy (non-hydrogen) atoms. The predicted octanol–water partition coefficient (Wildman–Crippen LogP) is 2.49. The third kappa shape index (κ3) is 4.54. The van der Waals surface area contributed by atoms with E-state index in [1.54, 1.807) is 0 Å². The minimum Gasteiger partial charge on any atom is -0.492 e. The van der Waals surface area contributed by atoms with Crippen molar-refractivity contribution in [2.45, 2.75) is 11.8 Å². The van der Waals surface area contributed by atoms with Crippen LogP contribution in [0.1, 0.15) is 5.56 Å². The summed E-state index contributed by atoms with van der Waals surface area (Å²) in [5, 5.41) is 0. The molecular weight excluding hydrogens is 293 g/mol. The standard InChI is InChI=1S/C15H16FNO3S/c1-12-5-7-14(8-6-12)20-10-9-17-21(18,19)15-4-2-3-13(16)11-15/h2-8,11,17H,9-10H2,1H3. The lowest BCUT2D eigenvalue weighted by molar-refractivity contribution is 0.323. The minimum absolute atomic E-state index is 0.0992. The fraction of sp³-hybridized carbons (Fsp3) is 0.200. The molecule has 0 fully saturated rings. The summed E-state index contributed by atoms with van der Waals surface area (Å²) in [7, 11) is -3.71. The molecule has 4 nitrogen and oxygen atoms in total. The fourth-order valence-corrected chi connectivity index (χ4v) is 2.74. The van der Waals surface area contributed by atoms with E-state index in [1.165, 1.54) is 18.2 Å². The van der Waals surface area contributed by atoms with Gasteiger partial charge in [0.2, 0.25) is 10.0 Å². The van der Waals surface area contributed by atoms with Gasteiger partial charge in [-0.15, -0.1) is 0 Å². The molecule has 1 N–H and O–H groups in total. The summed E-state index contributed by atoms with van der Waals surface area (Å²) < 4.78 is 44.6. The molecule has 0 atom stereocenters. The van der Waals surface area contributed by atoms with Crippen LogP contribution in [0.25, 0.3) is 0 Å². The van der Waals surface area contributed by atoms with E-state index in [9.17, 15) is 12.8 Å². The van der Waals surface area contributed by atoms with Crippen molar-refractivity contribution in [1.29, 1.82) is 0 Å². The Morgan fingerprint density at radius 1 is 1.14 bits per heavy atom. The van der Waals surface area contributed by atoms with Crippen LogP contribution in [-0.4, -0.2) is 21.6 Å². The van der Waals surface area contributed by atoms with Crippen molar-refractivity contribution >= 4 is 10.0 Å². The van der Waals surface area contributed by atoms with Crippen LogP contribution in [0.2, 0.25) is 0 Å². The van der Waals surface area contributed by atoms with E-state index < -0.39 is 15.8 Å². The normalized spacial score (nSPS) is 11.3. The molecule has 0 saturated heterocycles. The number of benzene rings is 2. The average Bonchev–Trinajstić information content (AvgIpc) is 2.45. The van der Waals surface area contributed by atoms with Crippen LogP contribution in [0, 0.1) is 12.7 Å². The van der Waals surface area contributed by atoms with Gasteiger partial charge in [0, 0.05) is 6.54 Å². The van der Waals surface area contributed by atoms with Crippen LogP contribution in [0.5, 0.6) is 5.75 Å². The third-order valence-electron chi connectivity index (χ3n) is 2.79. The highest BCUT2D eigenvalue weighted by Crippen LogP contribution is 2.12. The second-order valence-electron chi connectivity index (χ2n) is 4.52. The SMILES string of the molecule is Cc1ccc(OCCNS(=O)(=O)c2cccc(F)c2)cc1. The van der Waals surface area contributed by atoms with Crippen LogP contribution >= 0.6 is 0 Å². The Kier molecular flexibility index (Phi) is 4.93. The van der Waals surface area contributed by atoms with Crippen molar-refractivity contribution in [2.75, 3.05) is 13.2 Å². The summed E-state index contributed by atoms with van der Waals surface area (Å²) in [6, 6.07) is 12.3. The summed E-state index contributed by atoms with van der Waals surface area (Å²) in [5.74, 6) is 0.0827. The van der Waals surface area contributed by atoms with Crippen LogP contribution < -0.4 is 9.46 Å². The quantitative estimate of drug-likeness (QED) is 0.834. The van der Waals surface area contributed by atoms with E-state index in [1.807, 2.05) is 31.2 Å². The first-order valence-corrected chi connectivity index (χ1v) is 7.90. The lowest BCUT2D eigenvalue weighted by Crippen LogP contribution is -2.28. The monoisotopic (exact) mass is 309 g/mol. The van der Waals surface area contributed by atoms with Crippen LogP contribution in [-0.2, 0) is 10.0 Å². The van der Waals surface area contributed by atoms with Crippen molar-refractivity contribution in [1.82, 2.24) is 4.72 Å². The molecule has 0 aliphatic heterocycles. The Labute approximate surface area is 123 Å². The molecule has 6 heteroatoms. The molecule has 2 rings (SSSR count). The lowest BCUT2D eigenvalue weighted by Gasteiger charge is -2.09. The van der Waals surface area contributed by atoms with Gasteiger partial charge in [-0.2, -0.15) is 0 Å². The topological polar surface area (TPSA) is 55.4 Å². The fourth-order valence-electron chi connectivity index (χ4n) is 1.70. The zero-order chi connectivity index (χ0) is 15.3. The largest absolute Gasteiger partial charge is 0.492 e. The van der Waals surface area contributed by atoms with E-state index in [-0.39, 0.29) is 18.0 Å². The first kappa shape index (κ1) is 15.5. The van der Waals surface area contributed by atoms with Gasteiger partial charge in [0.05, 0.1) is 4.90 Å². The third-order valence-corrected chi connectivity index (χ3v) is 4.25. The van der Waals surface area contributed by atoms with Crippen molar-refractivity contribution < 1.29 is 17.5 Å². The van der Waals surface area contributed by atoms with Gasteiger partial charge in [-0.05, 0) is 37.3 Å². The Balaban J connectivity index is 1.86. The van der Waals surface area contributed by atoms with Gasteiger partial charge >= 0.3 is 0 Å². The number of rotatable bonds is 6. The van der Waals surface area contributed by atoms with Gasteiger partial charge in [0.15, 0.2) is 0 Å². The van der Waals surface area contributed by atoms with Gasteiger partial charge in [-0.25, -0.2) is 17.5 Å². The van der Waals surface area contributed by atoms with Gasteiger partial charge in [-0.1, -0.05) is 23.8 Å². The molecule has 0 amide bonds. The number of hydrogen-bond acceptors (Lipinski definition) is 3. The number of aryl methyl sites for hydroxylation is 1. The van der Waals surface area contributed by atoms with E-state index in [0.29, 0.717) is 5.75 Å². The molecule has 0 bridgehead atoms. The average molecular weight is 309 g/mol. The van der Waals surface area contributed by atoms with E-state index in [2.05, 4.69) is 4.72 Å². The van der Waals surface area contributed by atoms with Crippen molar-refractivity contribution in [2.24, 2.45) is 0 Å². The van der Waals surface area contributed by atoms with Crippen LogP contribution in [0.4, 0.5) is 4.39 Å². The maximum absolute atomic E-state index is 13.0. The molecule has 0 unspecified atom stereocenters. The highest BCUT2D eigenvalue weighted by molar-refractivity contribution is 7.89. The van der Waals surface area contributed by atoms with Crippen molar-refractivity contribution in [3.05, 3.63) is 59.9 Å². The number of sulfonamides is 1. The molecule has 2 aromatic carbocycles. The Hall–Kier alpha value is -1.92. The maximum Gasteiger partial charge on any atom is 0.240 e. The maximum atomic E-state index is 13.0. The zero-order valence-corrected chi connectivity index (χ0v) is 12.4. The Morgan fingerprint density at radius 3 is 2.52 bits per heavy atom. The molecule has 112 valence electrons. The Bertz CT molecular complexity index is 699. The molecular formula is C15H16FNO3S. The predicted molar refractivity (Wildman–Crippen MR) is 78.3 cm³/mol. The summed E-state index contributed by atoms with van der Waals surface area (Å²) in [6.45, 7) is 2.27. The van der Waals surface area contributed by atoms with E-state index in [4.69, 9.17) is 4.74 Å². The van der Waals surface area contributed by atoms with Crippen LogP contribution in [0.3, 0.4) is 0 Å². The highest BCUT2D eigenvalue weighted by Gasteiger charge is 2.13. The van der Waals surface area contributed by atoms with Gasteiger partial charge in [0.1, 0.15) is 18.2 Å². The summed E-state index contributed by atoms with van der Waals surface area (Å²) in [4.78, 5) is -0.0992. The first-order valence-electron chi connectivity index (χ1n) is 6.42. The Morgan fingerprint density at radius 2 is 1.86 bits per heavy atom. The molecule has 2 aromatic rings. The molecule has 0 spiro atoms. The molecule has 0 radical (unpaired) electrons. The second-order valence-corrected chi connectivity index (χ2v) is 6.28. The molecule has 0 saturated carbocycles. The smallest absolute Gasteiger partial charge is 0.240 e. The highest BCUT2D eigenvalue weighted by atomic mass is 32.2. The zero-order valence-electron chi connectivity index (χ0n) is 11.5. The van der Waals surface area contributed by atoms with Crippen molar-refractivity contribution in [3.63, 3.8) is 0 Å². The van der Waals surface area contributed by atoms with Gasteiger partial charge < -0.3 is 4.74 Å². The minimum atomic E-state index is -3.71. The van der Waals surface area contributed by atoms with Gasteiger partial charge in [-0.3, -0.25) is 0 Å². The van der Waals surface area contributed by atoms with E-state index >= 15 is 0 Å². The summed E-state index contributed by atoms with van der Waals surface area (Å²) in [6.07, 6.45) is 0. The first-order chi connectivity index (χ1) is 9.97. The number of halogens is 1. The summed E-state index contributed by atoms with van der Waals surface area (Å²) in [5.41, 5.74) is 1.12. The summed E-state index contributed by atoms with van der Waals surface area (Å²) >= 11 is 0. The van der Waals surface area contributed by atoms with Crippen LogP contribution in [0.15, 0.2) is 53.4 Å². The van der Waals surface area contributed by atoms with E-state index in [0.717, 1.165) is 11.6 Å². The second kappa shape index (κ2) is 6.69. The number of ether oxygens (including phenoxy) is 1. The van der Waals surface area contributed by atoms with Gasteiger partial charge in [0.25, 0.3) is 0 Å². The molecule has 0 heterocycles. The molecule has 0 aliphatic rings. The molecule has 0 aromatic heterocycles. The number of hydrogen-bond donors (Lipinski definition) is 1. The number of nitrogens with one attached hydrogen (secondary N) is 1. The van der Waals surface area contributed by atoms with Crippen molar-refractivity contribution in [3.8, 4) is 5.75 Å². The lowest BCUT2D eigenvalue weighted by atomic mass is 10.2.